The summed E-state index contributed by atoms with van der Waals surface area (Å²) in [4.78, 5) is 20.4. The molecule has 1 N–H and O–H groups in total. The number of aromatic nitrogens is 3. The number of nitrogens with one attached hydrogen (secondary N) is 1. The minimum Gasteiger partial charge on any atom is -0.373 e. The Morgan fingerprint density at radius 2 is 2.22 bits per heavy atom. The minimum atomic E-state index is -0.00841. The highest BCUT2D eigenvalue weighted by Crippen LogP contribution is 2.08. The Morgan fingerprint density at radius 3 is 2.94 bits per heavy atom. The van der Waals surface area contributed by atoms with Gasteiger partial charge in [0.05, 0.1) is 10.1 Å². The topological polar surface area (TPSA) is 59.8 Å². The number of nitrogens with zero attached hydrogens (tertiary/aromatic N) is 3. The van der Waals surface area contributed by atoms with E-state index < -0.39 is 0 Å². The predicted octanol–water partition coefficient (Wildman–Crippen LogP) is 1.64. The molecule has 0 amide bonds. The van der Waals surface area contributed by atoms with Gasteiger partial charge in [0.2, 0.25) is 0 Å². The molecule has 0 aliphatic heterocycles. The molecule has 0 atom stereocenters. The largest absolute Gasteiger partial charge is 0.373 e. The summed E-state index contributed by atoms with van der Waals surface area (Å²) in [6, 6.07) is 3.82. The number of anilines is 1. The van der Waals surface area contributed by atoms with Gasteiger partial charge in [0, 0.05) is 19.4 Å². The van der Waals surface area contributed by atoms with Crippen molar-refractivity contribution in [3.63, 3.8) is 0 Å². The summed E-state index contributed by atoms with van der Waals surface area (Å²) in [6.07, 6.45) is 3.32. The lowest BCUT2D eigenvalue weighted by Gasteiger charge is -2.10. The zero-order chi connectivity index (χ0) is 13.1. The highest BCUT2D eigenvalue weighted by Gasteiger charge is 2.06. The van der Waals surface area contributed by atoms with Crippen molar-refractivity contribution in [3.05, 3.63) is 49.8 Å². The SMILES string of the molecule is CNc1cc(Cn2c(C)ncc(I)c2=O)ccn1. The highest BCUT2D eigenvalue weighted by atomic mass is 127. The molecular formula is C12H13IN4O. The summed E-state index contributed by atoms with van der Waals surface area (Å²) in [5.74, 6) is 1.50. The molecule has 0 radical (unpaired) electrons. The van der Waals surface area contributed by atoms with E-state index >= 15 is 0 Å². The number of hydrogen-bond acceptors (Lipinski definition) is 4. The number of rotatable bonds is 3. The minimum absolute atomic E-state index is 0.00841. The van der Waals surface area contributed by atoms with Crippen LogP contribution in [-0.4, -0.2) is 21.6 Å². The van der Waals surface area contributed by atoms with Crippen molar-refractivity contribution in [1.29, 1.82) is 0 Å². The zero-order valence-electron chi connectivity index (χ0n) is 10.1. The van der Waals surface area contributed by atoms with Gasteiger partial charge in [-0.25, -0.2) is 9.97 Å². The quantitative estimate of drug-likeness (QED) is 0.850. The van der Waals surface area contributed by atoms with Crippen LogP contribution in [0.2, 0.25) is 0 Å². The van der Waals surface area contributed by atoms with E-state index in [9.17, 15) is 4.79 Å². The lowest BCUT2D eigenvalue weighted by Crippen LogP contribution is -2.26. The second-order valence-corrected chi connectivity index (χ2v) is 5.01. The first-order chi connectivity index (χ1) is 8.61. The molecule has 5 nitrogen and oxygen atoms in total. The molecule has 0 saturated carbocycles. The van der Waals surface area contributed by atoms with E-state index in [1.807, 2.05) is 48.7 Å². The summed E-state index contributed by atoms with van der Waals surface area (Å²) < 4.78 is 2.29. The van der Waals surface area contributed by atoms with Gasteiger partial charge in [-0.05, 0) is 47.2 Å². The Balaban J connectivity index is 2.40. The first kappa shape index (κ1) is 13.0. The second kappa shape index (κ2) is 5.47. The molecule has 0 saturated heterocycles. The fraction of sp³-hybridized carbons (Fsp3) is 0.250. The molecule has 0 fully saturated rings. The average Bonchev–Trinajstić information content (AvgIpc) is 2.39. The van der Waals surface area contributed by atoms with Gasteiger partial charge < -0.3 is 5.32 Å². The number of pyridine rings is 1. The first-order valence-electron chi connectivity index (χ1n) is 5.46. The first-order valence-corrected chi connectivity index (χ1v) is 6.54. The molecule has 0 aliphatic rings. The van der Waals surface area contributed by atoms with Crippen molar-refractivity contribution in [2.24, 2.45) is 0 Å². The fourth-order valence-electron chi connectivity index (χ4n) is 1.63. The summed E-state index contributed by atoms with van der Waals surface area (Å²) in [5, 5.41) is 2.98. The third kappa shape index (κ3) is 2.69. The van der Waals surface area contributed by atoms with Crippen LogP contribution in [-0.2, 0) is 6.54 Å². The number of aryl methyl sites for hydroxylation is 1. The molecule has 0 aliphatic carbocycles. The van der Waals surface area contributed by atoms with Crippen LogP contribution in [0.5, 0.6) is 0 Å². The van der Waals surface area contributed by atoms with E-state index in [4.69, 9.17) is 0 Å². The third-order valence-electron chi connectivity index (χ3n) is 2.63. The van der Waals surface area contributed by atoms with Gasteiger partial charge >= 0.3 is 0 Å². The van der Waals surface area contributed by atoms with Gasteiger partial charge in [0.15, 0.2) is 0 Å². The monoisotopic (exact) mass is 356 g/mol. The number of hydrogen-bond donors (Lipinski definition) is 1. The van der Waals surface area contributed by atoms with Crippen molar-refractivity contribution < 1.29 is 0 Å². The van der Waals surface area contributed by atoms with Gasteiger partial charge in [0.25, 0.3) is 5.56 Å². The molecular weight excluding hydrogens is 343 g/mol. The van der Waals surface area contributed by atoms with E-state index in [0.717, 1.165) is 11.4 Å². The lowest BCUT2D eigenvalue weighted by atomic mass is 10.2. The van der Waals surface area contributed by atoms with Gasteiger partial charge in [0.1, 0.15) is 11.6 Å². The van der Waals surface area contributed by atoms with Crippen molar-refractivity contribution >= 4 is 28.4 Å². The summed E-state index contributed by atoms with van der Waals surface area (Å²) in [5.41, 5.74) is 1.01. The Bertz CT molecular complexity index is 624. The summed E-state index contributed by atoms with van der Waals surface area (Å²) in [6.45, 7) is 2.34. The molecule has 6 heteroatoms. The third-order valence-corrected chi connectivity index (χ3v) is 3.37. The molecule has 2 heterocycles. The molecule has 0 bridgehead atoms. The Labute approximate surface area is 118 Å². The van der Waals surface area contributed by atoms with Gasteiger partial charge in [-0.2, -0.15) is 0 Å². The van der Waals surface area contributed by atoms with Gasteiger partial charge in [-0.3, -0.25) is 9.36 Å². The smallest absolute Gasteiger partial charge is 0.267 e. The molecule has 0 unspecified atom stereocenters. The maximum Gasteiger partial charge on any atom is 0.267 e. The fourth-order valence-corrected chi connectivity index (χ4v) is 2.06. The normalized spacial score (nSPS) is 10.4. The van der Waals surface area contributed by atoms with Gasteiger partial charge in [-0.15, -0.1) is 0 Å². The Kier molecular flexibility index (Phi) is 3.95. The Morgan fingerprint density at radius 1 is 1.44 bits per heavy atom. The van der Waals surface area contributed by atoms with Crippen molar-refractivity contribution in [2.75, 3.05) is 12.4 Å². The van der Waals surface area contributed by atoms with Crippen LogP contribution in [0.15, 0.2) is 29.3 Å². The molecule has 0 aromatic carbocycles. The maximum absolute atomic E-state index is 12.0. The van der Waals surface area contributed by atoms with Crippen LogP contribution in [0.1, 0.15) is 11.4 Å². The van der Waals surface area contributed by atoms with E-state index in [1.165, 1.54) is 0 Å². The van der Waals surface area contributed by atoms with Crippen LogP contribution in [0, 0.1) is 10.5 Å². The molecule has 18 heavy (non-hydrogen) atoms. The van der Waals surface area contributed by atoms with Crippen molar-refractivity contribution in [1.82, 2.24) is 14.5 Å². The zero-order valence-corrected chi connectivity index (χ0v) is 12.3. The molecule has 94 valence electrons. The maximum atomic E-state index is 12.0. The van der Waals surface area contributed by atoms with E-state index in [-0.39, 0.29) is 5.56 Å². The van der Waals surface area contributed by atoms with E-state index in [1.54, 1.807) is 17.0 Å². The molecule has 2 rings (SSSR count). The molecule has 2 aromatic rings. The highest BCUT2D eigenvalue weighted by molar-refractivity contribution is 14.1. The van der Waals surface area contributed by atoms with E-state index in [0.29, 0.717) is 15.9 Å². The van der Waals surface area contributed by atoms with Crippen LogP contribution >= 0.6 is 22.6 Å². The van der Waals surface area contributed by atoms with Crippen LogP contribution < -0.4 is 10.9 Å². The molecule has 2 aromatic heterocycles. The van der Waals surface area contributed by atoms with Crippen molar-refractivity contribution in [3.8, 4) is 0 Å². The van der Waals surface area contributed by atoms with Crippen molar-refractivity contribution in [2.45, 2.75) is 13.5 Å². The average molecular weight is 356 g/mol. The Hall–Kier alpha value is -1.44. The van der Waals surface area contributed by atoms with Gasteiger partial charge in [-0.1, -0.05) is 0 Å². The predicted molar refractivity (Wildman–Crippen MR) is 78.8 cm³/mol. The van der Waals surface area contributed by atoms with E-state index in [2.05, 4.69) is 15.3 Å². The summed E-state index contributed by atoms with van der Waals surface area (Å²) in [7, 11) is 1.82. The lowest BCUT2D eigenvalue weighted by molar-refractivity contribution is 0.694. The number of halogens is 1. The standard InChI is InChI=1S/C12H13IN4O/c1-8-16-6-10(13)12(18)17(8)7-9-3-4-15-11(5-9)14-2/h3-6H,7H2,1-2H3,(H,14,15). The molecule has 0 spiro atoms. The second-order valence-electron chi connectivity index (χ2n) is 3.84. The summed E-state index contributed by atoms with van der Waals surface area (Å²) >= 11 is 2.00. The van der Waals surface area contributed by atoms with Crippen LogP contribution in [0.25, 0.3) is 0 Å². The van der Waals surface area contributed by atoms with Crippen LogP contribution in [0.3, 0.4) is 0 Å². The van der Waals surface area contributed by atoms with Crippen LogP contribution in [0.4, 0.5) is 5.82 Å².